The van der Waals surface area contributed by atoms with E-state index in [0.29, 0.717) is 22.6 Å². The van der Waals surface area contributed by atoms with Crippen LogP contribution in [0.2, 0.25) is 0 Å². The number of carbonyl (C=O) groups excluding carboxylic acids is 1. The summed E-state index contributed by atoms with van der Waals surface area (Å²) in [6.45, 7) is 3.54. The minimum Gasteiger partial charge on any atom is -0.457 e. The highest BCUT2D eigenvalue weighted by Gasteiger charge is 2.20. The van der Waals surface area contributed by atoms with E-state index >= 15 is 0 Å². The van der Waals surface area contributed by atoms with Gasteiger partial charge in [-0.1, -0.05) is 6.07 Å². The van der Waals surface area contributed by atoms with Gasteiger partial charge >= 0.3 is 0 Å². The molecule has 5 heteroatoms. The average molecular weight is 324 g/mol. The number of aliphatic hydroxyl groups is 1. The van der Waals surface area contributed by atoms with E-state index in [0.717, 1.165) is 0 Å². The molecule has 0 heterocycles. The Balaban J connectivity index is 2.13. The second kappa shape index (κ2) is 7.16. The van der Waals surface area contributed by atoms with Crippen molar-refractivity contribution < 1.29 is 14.6 Å². The molecule has 124 valence electrons. The molecule has 0 radical (unpaired) electrons. The third kappa shape index (κ3) is 4.83. The van der Waals surface area contributed by atoms with Crippen LogP contribution in [0.4, 0.5) is 0 Å². The lowest BCUT2D eigenvalue weighted by atomic mass is 10.1. The lowest BCUT2D eigenvalue weighted by Gasteiger charge is -2.25. The normalized spacial score (nSPS) is 10.8. The van der Waals surface area contributed by atoms with Crippen LogP contribution >= 0.6 is 0 Å². The van der Waals surface area contributed by atoms with Crippen LogP contribution in [0.1, 0.15) is 29.8 Å². The van der Waals surface area contributed by atoms with Crippen LogP contribution in [0.5, 0.6) is 11.5 Å². The van der Waals surface area contributed by atoms with Gasteiger partial charge < -0.3 is 14.7 Å². The Labute approximate surface area is 141 Å². The first-order valence-corrected chi connectivity index (χ1v) is 7.54. The van der Waals surface area contributed by atoms with Crippen molar-refractivity contribution >= 4 is 5.91 Å². The molecule has 0 aliphatic rings. The molecule has 2 rings (SSSR count). The van der Waals surface area contributed by atoms with E-state index in [-0.39, 0.29) is 12.5 Å². The molecule has 2 aromatic rings. The number of rotatable bonds is 5. The van der Waals surface area contributed by atoms with Gasteiger partial charge in [0, 0.05) is 19.2 Å². The van der Waals surface area contributed by atoms with E-state index in [1.54, 1.807) is 69.4 Å². The van der Waals surface area contributed by atoms with E-state index < -0.39 is 5.60 Å². The molecule has 0 aliphatic heterocycles. The van der Waals surface area contributed by atoms with Gasteiger partial charge in [-0.3, -0.25) is 4.79 Å². The molecule has 2 aromatic carbocycles. The van der Waals surface area contributed by atoms with Crippen molar-refractivity contribution in [2.24, 2.45) is 0 Å². The van der Waals surface area contributed by atoms with Crippen LogP contribution < -0.4 is 4.74 Å². The zero-order chi connectivity index (χ0) is 17.7. The number of hydrogen-bond acceptors (Lipinski definition) is 4. The highest BCUT2D eigenvalue weighted by molar-refractivity contribution is 5.94. The summed E-state index contributed by atoms with van der Waals surface area (Å²) >= 11 is 0. The van der Waals surface area contributed by atoms with Crippen LogP contribution in [-0.2, 0) is 0 Å². The van der Waals surface area contributed by atoms with Crippen molar-refractivity contribution in [1.82, 2.24) is 4.90 Å². The Kier molecular flexibility index (Phi) is 5.22. The molecule has 1 amide bonds. The van der Waals surface area contributed by atoms with Gasteiger partial charge in [0.15, 0.2) is 0 Å². The van der Waals surface area contributed by atoms with E-state index in [9.17, 15) is 9.90 Å². The molecule has 0 unspecified atom stereocenters. The topological polar surface area (TPSA) is 73.6 Å². The largest absolute Gasteiger partial charge is 0.457 e. The molecule has 0 aliphatic carbocycles. The maximum Gasteiger partial charge on any atom is 0.253 e. The summed E-state index contributed by atoms with van der Waals surface area (Å²) in [5.74, 6) is 0.924. The fourth-order valence-electron chi connectivity index (χ4n) is 2.30. The minimum absolute atomic E-state index is 0.192. The fraction of sp³-hybridized carbons (Fsp3) is 0.263. The van der Waals surface area contributed by atoms with E-state index in [4.69, 9.17) is 10.00 Å². The number of hydrogen-bond donors (Lipinski definition) is 1. The summed E-state index contributed by atoms with van der Waals surface area (Å²) in [5, 5.41) is 18.6. The summed E-state index contributed by atoms with van der Waals surface area (Å²) in [4.78, 5) is 13.9. The molecule has 24 heavy (non-hydrogen) atoms. The lowest BCUT2D eigenvalue weighted by molar-refractivity contribution is 0.0368. The number of nitriles is 1. The number of amides is 1. The third-order valence-electron chi connectivity index (χ3n) is 3.27. The smallest absolute Gasteiger partial charge is 0.253 e. The van der Waals surface area contributed by atoms with Gasteiger partial charge in [-0.25, -0.2) is 0 Å². The number of nitrogens with zero attached hydrogens (tertiary/aromatic N) is 2. The minimum atomic E-state index is -0.957. The third-order valence-corrected chi connectivity index (χ3v) is 3.27. The summed E-state index contributed by atoms with van der Waals surface area (Å²) < 4.78 is 5.72. The monoisotopic (exact) mass is 324 g/mol. The number of benzene rings is 2. The van der Waals surface area contributed by atoms with Gasteiger partial charge in [0.05, 0.1) is 17.2 Å². The van der Waals surface area contributed by atoms with Crippen LogP contribution in [-0.4, -0.2) is 35.1 Å². The first-order valence-electron chi connectivity index (χ1n) is 7.54. The maximum atomic E-state index is 12.4. The van der Waals surface area contributed by atoms with Gasteiger partial charge in [-0.2, -0.15) is 5.26 Å². The predicted molar refractivity (Wildman–Crippen MR) is 90.9 cm³/mol. The number of ether oxygens (including phenoxy) is 1. The fourth-order valence-corrected chi connectivity index (χ4v) is 2.30. The highest BCUT2D eigenvalue weighted by Crippen LogP contribution is 2.23. The van der Waals surface area contributed by atoms with Crippen molar-refractivity contribution in [3.05, 3.63) is 59.7 Å². The Morgan fingerprint density at radius 3 is 2.46 bits per heavy atom. The zero-order valence-corrected chi connectivity index (χ0v) is 14.0. The first kappa shape index (κ1) is 17.5. The molecular formula is C19H20N2O3. The van der Waals surface area contributed by atoms with Gasteiger partial charge in [0.1, 0.15) is 11.5 Å². The second-order valence-corrected chi connectivity index (χ2v) is 6.24. The average Bonchev–Trinajstić information content (AvgIpc) is 2.53. The van der Waals surface area contributed by atoms with Crippen molar-refractivity contribution in [2.75, 3.05) is 13.6 Å². The van der Waals surface area contributed by atoms with Gasteiger partial charge in [0.25, 0.3) is 5.91 Å². The van der Waals surface area contributed by atoms with Crippen molar-refractivity contribution in [2.45, 2.75) is 19.4 Å². The Hall–Kier alpha value is -2.84. The number of carbonyl (C=O) groups is 1. The van der Waals surface area contributed by atoms with E-state index in [1.807, 2.05) is 6.07 Å². The van der Waals surface area contributed by atoms with Crippen molar-refractivity contribution in [1.29, 1.82) is 5.26 Å². The lowest BCUT2D eigenvalue weighted by Crippen LogP contribution is -2.39. The Morgan fingerprint density at radius 1 is 1.21 bits per heavy atom. The Bertz CT molecular complexity index is 755. The van der Waals surface area contributed by atoms with Gasteiger partial charge in [-0.05, 0) is 56.3 Å². The van der Waals surface area contributed by atoms with Crippen LogP contribution in [0.3, 0.4) is 0 Å². The van der Waals surface area contributed by atoms with Crippen LogP contribution in [0.15, 0.2) is 48.5 Å². The van der Waals surface area contributed by atoms with Crippen LogP contribution in [0.25, 0.3) is 0 Å². The molecular weight excluding hydrogens is 304 g/mol. The molecule has 0 fully saturated rings. The quantitative estimate of drug-likeness (QED) is 0.916. The van der Waals surface area contributed by atoms with Crippen molar-refractivity contribution in [3.8, 4) is 17.6 Å². The summed E-state index contributed by atoms with van der Waals surface area (Å²) in [5.41, 5.74) is 0.0773. The Morgan fingerprint density at radius 2 is 1.88 bits per heavy atom. The molecule has 0 aromatic heterocycles. The molecule has 0 bridgehead atoms. The predicted octanol–water partition coefficient (Wildman–Crippen LogP) is 3.19. The molecule has 0 saturated heterocycles. The maximum absolute atomic E-state index is 12.4. The molecule has 5 nitrogen and oxygen atoms in total. The summed E-state index contributed by atoms with van der Waals surface area (Å²) in [7, 11) is 1.65. The van der Waals surface area contributed by atoms with Crippen LogP contribution in [0, 0.1) is 11.3 Å². The molecule has 0 atom stereocenters. The summed E-state index contributed by atoms with van der Waals surface area (Å²) in [6, 6.07) is 15.6. The van der Waals surface area contributed by atoms with Crippen molar-refractivity contribution in [3.63, 3.8) is 0 Å². The van der Waals surface area contributed by atoms with E-state index in [1.165, 1.54) is 4.90 Å². The van der Waals surface area contributed by atoms with E-state index in [2.05, 4.69) is 0 Å². The second-order valence-electron chi connectivity index (χ2n) is 6.24. The number of likely N-dealkylation sites (N-methyl/N-ethyl adjacent to an activating group) is 1. The molecule has 1 N–H and O–H groups in total. The highest BCUT2D eigenvalue weighted by atomic mass is 16.5. The SMILES string of the molecule is CN(CC(C)(C)O)C(=O)c1cccc(Oc2ccc(C#N)cc2)c1. The van der Waals surface area contributed by atoms with Gasteiger partial charge in [-0.15, -0.1) is 0 Å². The molecule has 0 spiro atoms. The van der Waals surface area contributed by atoms with Gasteiger partial charge in [0.2, 0.25) is 0 Å². The summed E-state index contributed by atoms with van der Waals surface area (Å²) in [6.07, 6.45) is 0. The first-order chi connectivity index (χ1) is 11.3. The zero-order valence-electron chi connectivity index (χ0n) is 14.0. The standard InChI is InChI=1S/C19H20N2O3/c1-19(2,23)13-21(3)18(22)15-5-4-6-17(11-15)24-16-9-7-14(12-20)8-10-16/h4-11,23H,13H2,1-3H3. The molecule has 0 saturated carbocycles.